The molecule has 21 heteroatoms. The maximum atomic E-state index is 14.2. The quantitative estimate of drug-likeness (QED) is 0.0769. The number of thioether (sulfide) groups is 1. The van der Waals surface area contributed by atoms with E-state index in [-0.39, 0.29) is 45.1 Å². The summed E-state index contributed by atoms with van der Waals surface area (Å²) in [6.07, 6.45) is 0. The highest BCUT2D eigenvalue weighted by Crippen LogP contribution is 2.47. The van der Waals surface area contributed by atoms with Crippen molar-refractivity contribution in [3.05, 3.63) is 74.8 Å². The summed E-state index contributed by atoms with van der Waals surface area (Å²) in [6.45, 7) is 3.41. The number of amides is 3. The van der Waals surface area contributed by atoms with E-state index in [9.17, 15) is 48.3 Å². The van der Waals surface area contributed by atoms with Crippen molar-refractivity contribution in [1.82, 2.24) is 15.5 Å². The molecule has 0 aliphatic carbocycles. The van der Waals surface area contributed by atoms with E-state index in [1.54, 1.807) is 0 Å². The van der Waals surface area contributed by atoms with Crippen molar-refractivity contribution in [3.63, 3.8) is 0 Å². The van der Waals surface area contributed by atoms with Gasteiger partial charge in [0.1, 0.15) is 40.8 Å². The van der Waals surface area contributed by atoms with Crippen LogP contribution in [0.15, 0.2) is 56.9 Å². The van der Waals surface area contributed by atoms with Gasteiger partial charge in [-0.1, -0.05) is 12.1 Å². The molecule has 3 heterocycles. The molecule has 3 amide bonds. The molecule has 0 bridgehead atoms. The smallest absolute Gasteiger partial charge is 0.352 e. The van der Waals surface area contributed by atoms with Crippen molar-refractivity contribution in [2.45, 2.75) is 44.8 Å². The first-order valence-electron chi connectivity index (χ1n) is 16.5. The molecule has 1 unspecified atom stereocenters. The minimum atomic E-state index is -2.17. The Morgan fingerprint density at radius 2 is 1.63 bits per heavy atom. The Balaban J connectivity index is 1.53. The molecule has 0 saturated carbocycles. The van der Waals surface area contributed by atoms with Crippen molar-refractivity contribution in [3.8, 4) is 17.2 Å². The average Bonchev–Trinajstić information content (AvgIpc) is 3.14. The standard InChI is InChI=1S/C36H33N3O17S/c1-15-25(28(45)22-10-11-23(55-17(3)41)30(29(22)54-15)56-18(4)42)31(46)37-26(19-6-8-21(9-7-19)53-13-24(43)44)32(47)38-36(51-5)34(50)39-27(33(48)49)20(12-52-16(2)40)14-57-35(36)39/h6-11,26,35H,12-14H2,1-5H3,(H,37,46)(H,38,47)(H,43,44)(H,48,49)/t26?,35-,36+/m1/s1. The molecular weight excluding hydrogens is 778 g/mol. The number of hydrogen-bond acceptors (Lipinski definition) is 16. The van der Waals surface area contributed by atoms with E-state index in [2.05, 4.69) is 10.6 Å². The number of nitrogens with one attached hydrogen (secondary N) is 2. The Labute approximate surface area is 325 Å². The summed E-state index contributed by atoms with van der Waals surface area (Å²) < 4.78 is 31.7. The lowest BCUT2D eigenvalue weighted by molar-refractivity contribution is -0.193. The molecule has 4 N–H and O–H groups in total. The van der Waals surface area contributed by atoms with E-state index in [1.807, 2.05) is 0 Å². The number of carbonyl (C=O) groups excluding carboxylic acids is 6. The molecular formula is C36H33N3O17S. The van der Waals surface area contributed by atoms with Gasteiger partial charge in [-0.05, 0) is 36.8 Å². The normalized spacial score (nSPS) is 17.7. The minimum absolute atomic E-state index is 0.0375. The number of carboxylic acids is 2. The summed E-state index contributed by atoms with van der Waals surface area (Å²) in [7, 11) is 1.09. The highest BCUT2D eigenvalue weighted by molar-refractivity contribution is 8.00. The average molecular weight is 812 g/mol. The number of nitrogens with zero attached hydrogens (tertiary/aromatic N) is 1. The molecule has 0 spiro atoms. The van der Waals surface area contributed by atoms with Gasteiger partial charge in [0.2, 0.25) is 17.1 Å². The van der Waals surface area contributed by atoms with Crippen LogP contribution in [0.3, 0.4) is 0 Å². The largest absolute Gasteiger partial charge is 0.482 e. The molecule has 57 heavy (non-hydrogen) atoms. The summed E-state index contributed by atoms with van der Waals surface area (Å²) in [5.74, 6) is -9.25. The monoisotopic (exact) mass is 811 g/mol. The van der Waals surface area contributed by atoms with Gasteiger partial charge in [0, 0.05) is 39.2 Å². The summed E-state index contributed by atoms with van der Waals surface area (Å²) in [5, 5.41) is 22.5. The van der Waals surface area contributed by atoms with Crippen LogP contribution in [0.4, 0.5) is 0 Å². The van der Waals surface area contributed by atoms with E-state index >= 15 is 0 Å². The number of aliphatic carboxylic acids is 2. The number of aryl methyl sites for hydroxylation is 1. The predicted octanol–water partition coefficient (Wildman–Crippen LogP) is 1.16. The van der Waals surface area contributed by atoms with Crippen molar-refractivity contribution in [1.29, 1.82) is 0 Å². The molecule has 5 rings (SSSR count). The number of rotatable bonds is 14. The highest BCUT2D eigenvalue weighted by Gasteiger charge is 2.67. The van der Waals surface area contributed by atoms with E-state index < -0.39 is 100 Å². The highest BCUT2D eigenvalue weighted by atomic mass is 32.2. The van der Waals surface area contributed by atoms with Gasteiger partial charge in [-0.25, -0.2) is 9.59 Å². The molecule has 3 aromatic rings. The van der Waals surface area contributed by atoms with Crippen LogP contribution in [0.5, 0.6) is 17.2 Å². The number of carbonyl (C=O) groups is 8. The second-order valence-electron chi connectivity index (χ2n) is 12.3. The van der Waals surface area contributed by atoms with Gasteiger partial charge in [0.25, 0.3) is 17.5 Å². The molecule has 0 radical (unpaired) electrons. The van der Waals surface area contributed by atoms with Crippen LogP contribution in [0.2, 0.25) is 0 Å². The lowest BCUT2D eigenvalue weighted by atomic mass is 9.96. The summed E-state index contributed by atoms with van der Waals surface area (Å²) in [4.78, 5) is 115. The summed E-state index contributed by atoms with van der Waals surface area (Å²) >= 11 is 1.00. The number of ether oxygens (including phenoxy) is 5. The number of β-lactam (4-membered cyclic amide) rings is 1. The molecule has 2 aromatic carbocycles. The molecule has 1 fully saturated rings. The Morgan fingerprint density at radius 1 is 0.965 bits per heavy atom. The van der Waals surface area contributed by atoms with E-state index in [1.165, 1.54) is 37.3 Å². The Kier molecular flexibility index (Phi) is 12.0. The fourth-order valence-electron chi connectivity index (χ4n) is 5.97. The van der Waals surface area contributed by atoms with Crippen LogP contribution in [0.1, 0.15) is 48.5 Å². The van der Waals surface area contributed by atoms with Crippen LogP contribution < -0.4 is 30.3 Å². The van der Waals surface area contributed by atoms with Crippen molar-refractivity contribution >= 4 is 70.3 Å². The van der Waals surface area contributed by atoms with E-state index in [0.29, 0.717) is 0 Å². The predicted molar refractivity (Wildman–Crippen MR) is 192 cm³/mol. The van der Waals surface area contributed by atoms with E-state index in [4.69, 9.17) is 33.2 Å². The van der Waals surface area contributed by atoms with Crippen molar-refractivity contribution in [2.24, 2.45) is 0 Å². The fourth-order valence-corrected chi connectivity index (χ4v) is 7.39. The minimum Gasteiger partial charge on any atom is -0.482 e. The lowest BCUT2D eigenvalue weighted by Gasteiger charge is -2.56. The van der Waals surface area contributed by atoms with Crippen LogP contribution in [-0.4, -0.2) is 99.9 Å². The maximum Gasteiger partial charge on any atom is 0.352 e. The SMILES string of the molecule is CO[C@@]1(NC(=O)C(NC(=O)c2c(C)oc3c(OC(C)=O)c(OC(C)=O)ccc3c2=O)c2ccc(OCC(=O)O)cc2)C(=O)N2C(C(=O)O)=C(COC(C)=O)CS[C@@H]21. The first-order valence-corrected chi connectivity index (χ1v) is 17.6. The number of fused-ring (bicyclic) bond motifs is 2. The summed E-state index contributed by atoms with van der Waals surface area (Å²) in [5.41, 5.74) is -4.36. The molecule has 2 aliphatic rings. The Hall–Kier alpha value is -6.74. The lowest BCUT2D eigenvalue weighted by Crippen LogP contribution is -2.81. The van der Waals surface area contributed by atoms with Gasteiger partial charge in [-0.2, -0.15) is 0 Å². The molecule has 3 atom stereocenters. The van der Waals surface area contributed by atoms with Gasteiger partial charge in [0.05, 0.1) is 5.39 Å². The van der Waals surface area contributed by atoms with Crippen LogP contribution in [0, 0.1) is 6.92 Å². The number of methoxy groups -OCH3 is 1. The summed E-state index contributed by atoms with van der Waals surface area (Å²) in [6, 6.07) is 5.79. The first kappa shape index (κ1) is 41.4. The zero-order valence-corrected chi connectivity index (χ0v) is 31.4. The van der Waals surface area contributed by atoms with Crippen molar-refractivity contribution < 1.29 is 76.7 Å². The Morgan fingerprint density at radius 3 is 2.21 bits per heavy atom. The number of hydrogen-bond donors (Lipinski definition) is 4. The molecule has 1 saturated heterocycles. The maximum absolute atomic E-state index is 14.2. The second kappa shape index (κ2) is 16.5. The van der Waals surface area contributed by atoms with Gasteiger partial charge in [-0.15, -0.1) is 11.8 Å². The number of esters is 3. The van der Waals surface area contributed by atoms with Crippen LogP contribution in [-0.2, 0) is 43.0 Å². The molecule has 2 aliphatic heterocycles. The zero-order valence-electron chi connectivity index (χ0n) is 30.6. The third-order valence-corrected chi connectivity index (χ3v) is 9.76. The molecule has 1 aromatic heterocycles. The number of carboxylic acid groups (broad SMARTS) is 2. The first-order chi connectivity index (χ1) is 26.9. The van der Waals surface area contributed by atoms with Gasteiger partial charge in [-0.3, -0.25) is 38.5 Å². The number of benzene rings is 2. The second-order valence-corrected chi connectivity index (χ2v) is 13.4. The van der Waals surface area contributed by atoms with Gasteiger partial charge >= 0.3 is 29.8 Å². The topological polar surface area (TPSA) is 281 Å². The van der Waals surface area contributed by atoms with Gasteiger partial charge < -0.3 is 48.9 Å². The fraction of sp³-hybridized carbons (Fsp3) is 0.306. The molecule has 20 nitrogen and oxygen atoms in total. The third-order valence-electron chi connectivity index (χ3n) is 8.39. The van der Waals surface area contributed by atoms with Crippen LogP contribution in [0.25, 0.3) is 11.0 Å². The molecule has 300 valence electrons. The van der Waals surface area contributed by atoms with E-state index in [0.717, 1.165) is 50.6 Å². The van der Waals surface area contributed by atoms with Crippen molar-refractivity contribution in [2.75, 3.05) is 26.1 Å². The third kappa shape index (κ3) is 8.28. The Bertz CT molecular complexity index is 2320. The van der Waals surface area contributed by atoms with Crippen LogP contribution >= 0.6 is 11.8 Å². The zero-order chi connectivity index (χ0) is 41.9. The van der Waals surface area contributed by atoms with Gasteiger partial charge in [0.15, 0.2) is 17.9 Å².